The molecule has 0 spiro atoms. The van der Waals surface area contributed by atoms with Crippen LogP contribution in [0.3, 0.4) is 0 Å². The SMILES string of the molecule is [2H]c1c([2H])c([2H])c([C@@H]2C[C@@H](N3CC[N@@+](COC(=O)CC4CCCCC4)(C([2H])([2H])[2H])C(C)(C)C3)c3cc(Cl)ccc32)c([2H])c1[2H]. The molecule has 5 rings (SSSR count). The quantitative estimate of drug-likeness (QED) is 0.307. The van der Waals surface area contributed by atoms with Gasteiger partial charge in [-0.3, -0.25) is 14.2 Å². The van der Waals surface area contributed by atoms with Gasteiger partial charge in [-0.25, -0.2) is 0 Å². The summed E-state index contributed by atoms with van der Waals surface area (Å²) in [6, 6.07) is 3.70. The number of likely N-dealkylation sites (N-methyl/N-ethyl adjacent to an activating group) is 1. The monoisotopic (exact) mass is 517 g/mol. The Morgan fingerprint density at radius 1 is 1.19 bits per heavy atom. The maximum atomic E-state index is 12.9. The summed E-state index contributed by atoms with van der Waals surface area (Å²) in [7, 11) is 0. The number of benzene rings is 2. The van der Waals surface area contributed by atoms with Crippen LogP contribution >= 0.6 is 11.6 Å². The van der Waals surface area contributed by atoms with Crippen LogP contribution < -0.4 is 0 Å². The number of ether oxygens (including phenoxy) is 1. The highest BCUT2D eigenvalue weighted by molar-refractivity contribution is 6.30. The van der Waals surface area contributed by atoms with Gasteiger partial charge in [-0.1, -0.05) is 67.1 Å². The van der Waals surface area contributed by atoms with E-state index in [-0.39, 0.29) is 59.5 Å². The molecule has 2 aliphatic carbocycles. The van der Waals surface area contributed by atoms with Crippen LogP contribution in [-0.2, 0) is 9.53 Å². The molecule has 2 fully saturated rings. The molecule has 2 aromatic rings. The van der Waals surface area contributed by atoms with Crippen LogP contribution in [0.25, 0.3) is 0 Å². The van der Waals surface area contributed by atoms with Crippen LogP contribution in [0.2, 0.25) is 5.02 Å². The molecule has 2 aromatic carbocycles. The van der Waals surface area contributed by atoms with Gasteiger partial charge >= 0.3 is 5.97 Å². The summed E-state index contributed by atoms with van der Waals surface area (Å²) in [6.07, 6.45) is 6.22. The van der Waals surface area contributed by atoms with Crippen molar-refractivity contribution in [1.82, 2.24) is 4.90 Å². The first-order chi connectivity index (χ1) is 20.6. The number of hydrogen-bond donors (Lipinski definition) is 0. The predicted molar refractivity (Wildman–Crippen MR) is 146 cm³/mol. The topological polar surface area (TPSA) is 29.5 Å². The van der Waals surface area contributed by atoms with Crippen molar-refractivity contribution < 1.29 is 25.0 Å². The number of hydrogen-bond acceptors (Lipinski definition) is 3. The van der Waals surface area contributed by atoms with Crippen LogP contribution in [0.1, 0.15) is 98.4 Å². The third-order valence-electron chi connectivity index (χ3n) is 8.69. The molecule has 1 saturated carbocycles. The molecule has 5 heteroatoms. The number of fused-ring (bicyclic) bond motifs is 1. The maximum absolute atomic E-state index is 12.9. The highest BCUT2D eigenvalue weighted by Crippen LogP contribution is 2.48. The van der Waals surface area contributed by atoms with Crippen molar-refractivity contribution in [3.8, 4) is 0 Å². The Bertz CT molecular complexity index is 1400. The lowest BCUT2D eigenvalue weighted by atomic mass is 9.87. The van der Waals surface area contributed by atoms with Gasteiger partial charge in [-0.2, -0.15) is 0 Å². The van der Waals surface area contributed by atoms with E-state index in [9.17, 15) is 4.79 Å². The van der Waals surface area contributed by atoms with Gasteiger partial charge < -0.3 is 4.74 Å². The van der Waals surface area contributed by atoms with Gasteiger partial charge in [0.15, 0.2) is 0 Å². The summed E-state index contributed by atoms with van der Waals surface area (Å²) >= 11 is 6.45. The molecule has 1 heterocycles. The van der Waals surface area contributed by atoms with Crippen molar-refractivity contribution in [3.05, 3.63) is 70.1 Å². The van der Waals surface area contributed by atoms with Gasteiger partial charge in [0.25, 0.3) is 0 Å². The first-order valence-corrected chi connectivity index (χ1v) is 13.6. The predicted octanol–water partition coefficient (Wildman–Crippen LogP) is 6.93. The van der Waals surface area contributed by atoms with Gasteiger partial charge in [0, 0.05) is 29.9 Å². The van der Waals surface area contributed by atoms with E-state index < -0.39 is 24.5 Å². The smallest absolute Gasteiger partial charge is 0.310 e. The zero-order valence-corrected chi connectivity index (χ0v) is 22.1. The molecule has 3 aliphatic rings. The van der Waals surface area contributed by atoms with Crippen LogP contribution in [0.15, 0.2) is 48.4 Å². The normalized spacial score (nSPS) is 32.1. The molecule has 0 aromatic heterocycles. The molecule has 0 bridgehead atoms. The van der Waals surface area contributed by atoms with Gasteiger partial charge in [0.2, 0.25) is 6.73 Å². The fourth-order valence-electron chi connectivity index (χ4n) is 6.37. The Kier molecular flexibility index (Phi) is 5.12. The van der Waals surface area contributed by atoms with Crippen LogP contribution in [0, 0.1) is 5.92 Å². The molecular formula is C31H42ClN2O2+. The van der Waals surface area contributed by atoms with Crippen molar-refractivity contribution in [2.45, 2.75) is 76.3 Å². The number of halogens is 1. The van der Waals surface area contributed by atoms with E-state index in [1.807, 2.05) is 26.0 Å². The third kappa shape index (κ3) is 5.23. The maximum Gasteiger partial charge on any atom is 0.310 e. The standard InChI is InChI=1S/C31H42ClN2O2/c1-31(2)21-33(16-17-34(31,3)22-36-30(35)18-23-10-6-4-7-11-23)29-20-27(24-12-8-5-9-13-24)26-15-14-25(32)19-28(26)29/h5,8-9,12-15,19,23,27,29H,4,6-7,10-11,16-18,20-22H2,1-3H3/q+1/t27-,29+,34+/m0/s1/i3D3,5D,8D,9D,12D,13D. The van der Waals surface area contributed by atoms with Crippen molar-refractivity contribution in [1.29, 1.82) is 0 Å². The lowest BCUT2D eigenvalue weighted by molar-refractivity contribution is -0.974. The Morgan fingerprint density at radius 2 is 1.97 bits per heavy atom. The second kappa shape index (κ2) is 10.5. The minimum Gasteiger partial charge on any atom is -0.415 e. The Labute approximate surface area is 233 Å². The Hall–Kier alpha value is -1.88. The van der Waals surface area contributed by atoms with Crippen molar-refractivity contribution in [2.24, 2.45) is 5.92 Å². The van der Waals surface area contributed by atoms with E-state index >= 15 is 0 Å². The second-order valence-corrected chi connectivity index (χ2v) is 11.9. The zero-order valence-electron chi connectivity index (χ0n) is 29.3. The minimum absolute atomic E-state index is 0.210. The summed E-state index contributed by atoms with van der Waals surface area (Å²) in [5.41, 5.74) is 1.20. The zero-order chi connectivity index (χ0) is 32.2. The molecular weight excluding hydrogens is 468 g/mol. The number of nitrogens with zero attached hydrogens (tertiary/aromatic N) is 2. The van der Waals surface area contributed by atoms with E-state index in [2.05, 4.69) is 4.90 Å². The van der Waals surface area contributed by atoms with Crippen LogP contribution in [-0.4, -0.2) is 54.2 Å². The molecule has 0 N–H and O–H groups in total. The van der Waals surface area contributed by atoms with E-state index in [0.717, 1.165) is 36.8 Å². The summed E-state index contributed by atoms with van der Waals surface area (Å²) in [5, 5.41) is 0.532. The van der Waals surface area contributed by atoms with Gasteiger partial charge in [-0.15, -0.1) is 0 Å². The van der Waals surface area contributed by atoms with Crippen LogP contribution in [0.4, 0.5) is 0 Å². The van der Waals surface area contributed by atoms with Gasteiger partial charge in [-0.05, 0) is 67.9 Å². The number of esters is 1. The van der Waals surface area contributed by atoms with Crippen LogP contribution in [0.5, 0.6) is 0 Å². The van der Waals surface area contributed by atoms with Crippen molar-refractivity contribution in [2.75, 3.05) is 33.3 Å². The highest BCUT2D eigenvalue weighted by Gasteiger charge is 2.49. The first-order valence-electron chi connectivity index (χ1n) is 17.2. The van der Waals surface area contributed by atoms with E-state index in [4.69, 9.17) is 27.3 Å². The van der Waals surface area contributed by atoms with Crippen molar-refractivity contribution >= 4 is 17.6 Å². The summed E-state index contributed by atoms with van der Waals surface area (Å²) < 4.78 is 72.9. The molecule has 4 nitrogen and oxygen atoms in total. The molecule has 194 valence electrons. The number of rotatable bonds is 6. The number of quaternary nitrogens is 1. The largest absolute Gasteiger partial charge is 0.415 e. The molecule has 3 atom stereocenters. The van der Waals surface area contributed by atoms with Gasteiger partial charge in [0.05, 0.1) is 31.0 Å². The number of piperazine rings is 1. The fourth-order valence-corrected chi connectivity index (χ4v) is 6.55. The molecule has 0 unspecified atom stereocenters. The lowest BCUT2D eigenvalue weighted by Crippen LogP contribution is -2.70. The number of carbonyl (C=O) groups excluding carboxylic acids is 1. The summed E-state index contributed by atoms with van der Waals surface area (Å²) in [5.74, 6) is -0.487. The molecule has 1 saturated heterocycles. The van der Waals surface area contributed by atoms with E-state index in [1.54, 1.807) is 6.07 Å². The molecule has 0 amide bonds. The molecule has 36 heavy (non-hydrogen) atoms. The van der Waals surface area contributed by atoms with Crippen molar-refractivity contribution in [3.63, 3.8) is 0 Å². The van der Waals surface area contributed by atoms with E-state index in [1.165, 1.54) is 6.42 Å². The third-order valence-corrected chi connectivity index (χ3v) is 8.93. The summed E-state index contributed by atoms with van der Waals surface area (Å²) in [6.45, 7) is 2.18. The Morgan fingerprint density at radius 3 is 2.69 bits per heavy atom. The number of carbonyl (C=O) groups is 1. The Balaban J connectivity index is 1.42. The van der Waals surface area contributed by atoms with Gasteiger partial charge in [0.1, 0.15) is 5.54 Å². The lowest BCUT2D eigenvalue weighted by Gasteiger charge is -2.53. The average molecular weight is 518 g/mol. The molecule has 0 radical (unpaired) electrons. The minimum atomic E-state index is -2.42. The molecule has 1 aliphatic heterocycles. The highest BCUT2D eigenvalue weighted by atomic mass is 35.5. The average Bonchev–Trinajstić information content (AvgIpc) is 3.32. The first kappa shape index (κ1) is 17.6. The summed E-state index contributed by atoms with van der Waals surface area (Å²) in [4.78, 5) is 15.1. The second-order valence-electron chi connectivity index (χ2n) is 11.4. The fraction of sp³-hybridized carbons (Fsp3) is 0.581. The van der Waals surface area contributed by atoms with E-state index in [0.29, 0.717) is 36.9 Å².